The van der Waals surface area contributed by atoms with E-state index >= 15 is 0 Å². The molecular weight excluding hydrogens is 330 g/mol. The van der Waals surface area contributed by atoms with E-state index in [1.165, 1.54) is 0 Å². The minimum Gasteiger partial charge on any atom is -0.369 e. The Labute approximate surface area is 144 Å². The predicted molar refractivity (Wildman–Crippen MR) is 89.2 cm³/mol. The van der Waals surface area contributed by atoms with E-state index in [1.807, 2.05) is 12.1 Å². The Hall–Kier alpha value is -2.34. The van der Waals surface area contributed by atoms with Crippen LogP contribution in [0, 0.1) is 5.92 Å². The molecule has 24 heavy (non-hydrogen) atoms. The molecular formula is C17H18ClN3O3. The van der Waals surface area contributed by atoms with E-state index in [0.29, 0.717) is 42.4 Å². The Balaban J connectivity index is 1.59. The first-order valence-corrected chi connectivity index (χ1v) is 8.19. The van der Waals surface area contributed by atoms with E-state index in [9.17, 15) is 9.59 Å². The molecule has 3 rings (SSSR count). The number of nitrogens with zero attached hydrogens (tertiary/aromatic N) is 2. The van der Waals surface area contributed by atoms with Gasteiger partial charge < -0.3 is 15.2 Å². The zero-order valence-electron chi connectivity index (χ0n) is 13.1. The molecule has 1 aromatic carbocycles. The molecule has 1 saturated heterocycles. The van der Waals surface area contributed by atoms with E-state index in [0.717, 1.165) is 5.56 Å². The molecule has 0 radical (unpaired) electrons. The van der Waals surface area contributed by atoms with E-state index < -0.39 is 0 Å². The summed E-state index contributed by atoms with van der Waals surface area (Å²) in [6, 6.07) is 8.98. The third-order valence-electron chi connectivity index (χ3n) is 4.27. The topological polar surface area (TPSA) is 89.4 Å². The second kappa shape index (κ2) is 7.05. The summed E-state index contributed by atoms with van der Waals surface area (Å²) < 4.78 is 5.30. The predicted octanol–water partition coefficient (Wildman–Crippen LogP) is 2.26. The molecule has 2 heterocycles. The molecule has 2 aromatic rings. The largest absolute Gasteiger partial charge is 0.369 e. The maximum absolute atomic E-state index is 12.3. The van der Waals surface area contributed by atoms with Crippen molar-refractivity contribution >= 4 is 23.4 Å². The first-order chi connectivity index (χ1) is 11.5. The van der Waals surface area contributed by atoms with Crippen molar-refractivity contribution in [3.05, 3.63) is 41.0 Å². The van der Waals surface area contributed by atoms with Crippen molar-refractivity contribution in [1.82, 2.24) is 10.1 Å². The summed E-state index contributed by atoms with van der Waals surface area (Å²) in [5.74, 6) is 0.166. The molecule has 1 aliphatic rings. The number of likely N-dealkylation sites (tertiary alicyclic amines) is 1. The average molecular weight is 348 g/mol. The van der Waals surface area contributed by atoms with Gasteiger partial charge in [0.05, 0.1) is 12.1 Å². The second-order valence-corrected chi connectivity index (χ2v) is 6.36. The molecule has 6 nitrogen and oxygen atoms in total. The number of benzene rings is 1. The highest BCUT2D eigenvalue weighted by Crippen LogP contribution is 2.23. The summed E-state index contributed by atoms with van der Waals surface area (Å²) in [6.07, 6.45) is 1.42. The number of nitrogens with two attached hydrogens (primary N) is 1. The third-order valence-corrected chi connectivity index (χ3v) is 4.52. The van der Waals surface area contributed by atoms with Crippen LogP contribution in [0.5, 0.6) is 0 Å². The molecule has 126 valence electrons. The summed E-state index contributed by atoms with van der Waals surface area (Å²) in [6.45, 7) is 1.10. The molecule has 0 atom stereocenters. The zero-order chi connectivity index (χ0) is 17.1. The number of piperidine rings is 1. The molecule has 2 amide bonds. The van der Waals surface area contributed by atoms with Gasteiger partial charge in [0, 0.05) is 35.7 Å². The van der Waals surface area contributed by atoms with E-state index in [2.05, 4.69) is 5.16 Å². The van der Waals surface area contributed by atoms with Gasteiger partial charge in [0.2, 0.25) is 11.8 Å². The van der Waals surface area contributed by atoms with Crippen LogP contribution in [-0.2, 0) is 16.0 Å². The fourth-order valence-electron chi connectivity index (χ4n) is 2.83. The molecule has 0 unspecified atom stereocenters. The van der Waals surface area contributed by atoms with Gasteiger partial charge in [-0.1, -0.05) is 16.8 Å². The van der Waals surface area contributed by atoms with Crippen LogP contribution in [0.2, 0.25) is 5.02 Å². The molecule has 0 bridgehead atoms. The Morgan fingerprint density at radius 1 is 1.25 bits per heavy atom. The molecule has 1 fully saturated rings. The quantitative estimate of drug-likeness (QED) is 0.918. The summed E-state index contributed by atoms with van der Waals surface area (Å²) in [7, 11) is 0. The average Bonchev–Trinajstić information content (AvgIpc) is 3.04. The van der Waals surface area contributed by atoms with Crippen LogP contribution in [0.15, 0.2) is 34.9 Å². The molecule has 1 aliphatic heterocycles. The highest BCUT2D eigenvalue weighted by molar-refractivity contribution is 6.30. The van der Waals surface area contributed by atoms with Gasteiger partial charge in [-0.3, -0.25) is 9.59 Å². The molecule has 0 aliphatic carbocycles. The Bertz CT molecular complexity index is 734. The minimum absolute atomic E-state index is 0.0196. The highest BCUT2D eigenvalue weighted by atomic mass is 35.5. The maximum atomic E-state index is 12.3. The van der Waals surface area contributed by atoms with Crippen molar-refractivity contribution in [3.8, 4) is 11.3 Å². The van der Waals surface area contributed by atoms with Crippen molar-refractivity contribution in [2.24, 2.45) is 11.7 Å². The van der Waals surface area contributed by atoms with Crippen LogP contribution in [0.3, 0.4) is 0 Å². The van der Waals surface area contributed by atoms with Crippen molar-refractivity contribution < 1.29 is 14.1 Å². The van der Waals surface area contributed by atoms with Crippen LogP contribution >= 0.6 is 11.6 Å². The van der Waals surface area contributed by atoms with Gasteiger partial charge in [-0.15, -0.1) is 0 Å². The van der Waals surface area contributed by atoms with Crippen LogP contribution < -0.4 is 5.73 Å². The fraction of sp³-hybridized carbons (Fsp3) is 0.353. The number of aromatic nitrogens is 1. The first kappa shape index (κ1) is 16.5. The van der Waals surface area contributed by atoms with Crippen LogP contribution in [0.25, 0.3) is 11.3 Å². The number of halogens is 1. The van der Waals surface area contributed by atoms with Gasteiger partial charge in [-0.2, -0.15) is 0 Å². The Morgan fingerprint density at radius 3 is 2.54 bits per heavy atom. The molecule has 2 N–H and O–H groups in total. The highest BCUT2D eigenvalue weighted by Gasteiger charge is 2.26. The number of carbonyl (C=O) groups excluding carboxylic acids is 2. The summed E-state index contributed by atoms with van der Waals surface area (Å²) in [5, 5.41) is 4.61. The van der Waals surface area contributed by atoms with Crippen molar-refractivity contribution in [3.63, 3.8) is 0 Å². The number of carbonyl (C=O) groups is 2. The van der Waals surface area contributed by atoms with Crippen LogP contribution in [0.4, 0.5) is 0 Å². The number of amides is 2. The summed E-state index contributed by atoms with van der Waals surface area (Å²) >= 11 is 5.86. The maximum Gasteiger partial charge on any atom is 0.228 e. The monoisotopic (exact) mass is 347 g/mol. The second-order valence-electron chi connectivity index (χ2n) is 5.92. The lowest BCUT2D eigenvalue weighted by molar-refractivity contribution is -0.134. The fourth-order valence-corrected chi connectivity index (χ4v) is 2.95. The number of primary amides is 1. The molecule has 0 spiro atoms. The Kier molecular flexibility index (Phi) is 4.85. The first-order valence-electron chi connectivity index (χ1n) is 7.81. The molecule has 7 heteroatoms. The lowest BCUT2D eigenvalue weighted by Crippen LogP contribution is -2.42. The normalized spacial score (nSPS) is 15.5. The lowest BCUT2D eigenvalue weighted by atomic mass is 9.96. The summed E-state index contributed by atoms with van der Waals surface area (Å²) in [5.41, 5.74) is 6.75. The Morgan fingerprint density at radius 2 is 1.92 bits per heavy atom. The smallest absolute Gasteiger partial charge is 0.228 e. The van der Waals surface area contributed by atoms with Gasteiger partial charge in [-0.25, -0.2) is 0 Å². The lowest BCUT2D eigenvalue weighted by Gasteiger charge is -2.30. The van der Waals surface area contributed by atoms with E-state index in [-0.39, 0.29) is 24.2 Å². The number of rotatable bonds is 4. The van der Waals surface area contributed by atoms with E-state index in [4.69, 9.17) is 21.9 Å². The van der Waals surface area contributed by atoms with Gasteiger partial charge >= 0.3 is 0 Å². The molecule has 0 saturated carbocycles. The van der Waals surface area contributed by atoms with E-state index in [1.54, 1.807) is 23.1 Å². The zero-order valence-corrected chi connectivity index (χ0v) is 13.8. The number of hydrogen-bond donors (Lipinski definition) is 1. The van der Waals surface area contributed by atoms with Crippen molar-refractivity contribution in [2.45, 2.75) is 19.3 Å². The van der Waals surface area contributed by atoms with Gasteiger partial charge in [0.25, 0.3) is 0 Å². The van der Waals surface area contributed by atoms with Crippen LogP contribution in [0.1, 0.15) is 18.5 Å². The minimum atomic E-state index is -0.286. The van der Waals surface area contributed by atoms with Gasteiger partial charge in [0.1, 0.15) is 0 Å². The third kappa shape index (κ3) is 3.76. The number of hydrogen-bond acceptors (Lipinski definition) is 4. The van der Waals surface area contributed by atoms with Crippen molar-refractivity contribution in [1.29, 1.82) is 0 Å². The molecule has 1 aromatic heterocycles. The van der Waals surface area contributed by atoms with Crippen LogP contribution in [-0.4, -0.2) is 35.0 Å². The summed E-state index contributed by atoms with van der Waals surface area (Å²) in [4.78, 5) is 25.3. The SMILES string of the molecule is NC(=O)C1CCN(C(=O)Cc2cc(-c3ccc(Cl)cc3)on2)CC1. The van der Waals surface area contributed by atoms with Gasteiger partial charge in [0.15, 0.2) is 5.76 Å². The standard InChI is InChI=1S/C17H18ClN3O3/c18-13-3-1-11(2-4-13)15-9-14(20-24-15)10-16(22)21-7-5-12(6-8-21)17(19)23/h1-4,9,12H,5-8,10H2,(H2,19,23). The van der Waals surface area contributed by atoms with Gasteiger partial charge in [-0.05, 0) is 37.1 Å². The van der Waals surface area contributed by atoms with Crippen molar-refractivity contribution in [2.75, 3.05) is 13.1 Å².